The highest BCUT2D eigenvalue weighted by molar-refractivity contribution is 5.29. The molecule has 122 valence electrons. The highest BCUT2D eigenvalue weighted by Gasteiger charge is 2.31. The summed E-state index contributed by atoms with van der Waals surface area (Å²) >= 11 is 0. The van der Waals surface area contributed by atoms with Gasteiger partial charge >= 0.3 is 0 Å². The molecular weight excluding hydrogens is 266 g/mol. The van der Waals surface area contributed by atoms with Crippen LogP contribution in [0, 0.1) is 5.92 Å². The molecule has 0 saturated carbocycles. The maximum Gasteiger partial charge on any atom is 0.161 e. The molecule has 1 rings (SSSR count). The number of methoxy groups -OCH3 is 1. The lowest BCUT2D eigenvalue weighted by molar-refractivity contribution is 0.000534. The third-order valence-electron chi connectivity index (χ3n) is 3.56. The first kappa shape index (κ1) is 18.0. The van der Waals surface area contributed by atoms with Gasteiger partial charge in [-0.1, -0.05) is 27.7 Å². The molecule has 2 unspecified atom stereocenters. The summed E-state index contributed by atoms with van der Waals surface area (Å²) in [6, 6.07) is 0.0824. The van der Waals surface area contributed by atoms with Crippen LogP contribution >= 0.6 is 0 Å². The highest BCUT2D eigenvalue weighted by atomic mass is 16.5. The van der Waals surface area contributed by atoms with Crippen molar-refractivity contribution >= 4 is 0 Å². The fraction of sp³-hybridized carbons (Fsp3) is 0.812. The average molecular weight is 297 g/mol. The van der Waals surface area contributed by atoms with Gasteiger partial charge in [-0.2, -0.15) is 5.10 Å². The molecule has 5 nitrogen and oxygen atoms in total. The zero-order valence-corrected chi connectivity index (χ0v) is 14.3. The maximum atomic E-state index is 6.02. The van der Waals surface area contributed by atoms with Gasteiger partial charge in [0.1, 0.15) is 0 Å². The average Bonchev–Trinajstić information content (AvgIpc) is 2.85. The Morgan fingerprint density at radius 3 is 2.48 bits per heavy atom. The third kappa shape index (κ3) is 4.45. The van der Waals surface area contributed by atoms with Crippen LogP contribution in [-0.2, 0) is 11.3 Å². The summed E-state index contributed by atoms with van der Waals surface area (Å²) < 4.78 is 13.6. The van der Waals surface area contributed by atoms with E-state index in [0.29, 0.717) is 12.5 Å². The predicted molar refractivity (Wildman–Crippen MR) is 85.7 cm³/mol. The summed E-state index contributed by atoms with van der Waals surface area (Å²) in [4.78, 5) is 0. The van der Waals surface area contributed by atoms with Crippen molar-refractivity contribution in [3.05, 3.63) is 11.9 Å². The van der Waals surface area contributed by atoms with Crippen LogP contribution < -0.4 is 10.1 Å². The largest absolute Gasteiger partial charge is 0.493 e. The van der Waals surface area contributed by atoms with Crippen LogP contribution in [0.1, 0.15) is 52.8 Å². The van der Waals surface area contributed by atoms with Gasteiger partial charge in [0.25, 0.3) is 0 Å². The van der Waals surface area contributed by atoms with Gasteiger partial charge in [-0.3, -0.25) is 4.68 Å². The lowest BCUT2D eigenvalue weighted by Crippen LogP contribution is -2.39. The van der Waals surface area contributed by atoms with Crippen LogP contribution in [0.4, 0.5) is 0 Å². The molecule has 5 heteroatoms. The number of hydrogen-bond donors (Lipinski definition) is 1. The highest BCUT2D eigenvalue weighted by Crippen LogP contribution is 2.31. The first-order valence-corrected chi connectivity index (χ1v) is 8.05. The molecule has 1 heterocycles. The van der Waals surface area contributed by atoms with Crippen LogP contribution in [0.25, 0.3) is 0 Å². The van der Waals surface area contributed by atoms with Gasteiger partial charge in [0.2, 0.25) is 0 Å². The first-order chi connectivity index (χ1) is 10.1. The fourth-order valence-corrected chi connectivity index (χ4v) is 2.69. The monoisotopic (exact) mass is 297 g/mol. The van der Waals surface area contributed by atoms with E-state index in [9.17, 15) is 0 Å². The Balaban J connectivity index is 3.21. The standard InChI is InChI=1S/C16H31N3O2/c1-7-10-19-15(13(20-6)11-18-19)14(17-8-2)16(12(4)5)21-9-3/h11-12,14,16-17H,7-10H2,1-6H3. The summed E-state index contributed by atoms with van der Waals surface area (Å²) in [5.74, 6) is 1.24. The second kappa shape index (κ2) is 9.05. The van der Waals surface area contributed by atoms with Crippen molar-refractivity contribution in [1.29, 1.82) is 0 Å². The first-order valence-electron chi connectivity index (χ1n) is 8.05. The molecule has 0 fully saturated rings. The number of nitrogens with one attached hydrogen (secondary N) is 1. The molecule has 0 saturated heterocycles. The zero-order valence-electron chi connectivity index (χ0n) is 14.3. The van der Waals surface area contributed by atoms with E-state index in [4.69, 9.17) is 9.47 Å². The second-order valence-corrected chi connectivity index (χ2v) is 5.52. The smallest absolute Gasteiger partial charge is 0.161 e. The van der Waals surface area contributed by atoms with Gasteiger partial charge in [-0.25, -0.2) is 0 Å². The van der Waals surface area contributed by atoms with E-state index >= 15 is 0 Å². The summed E-state index contributed by atoms with van der Waals surface area (Å²) in [5, 5.41) is 8.04. The number of aromatic nitrogens is 2. The van der Waals surface area contributed by atoms with Crippen LogP contribution in [0.2, 0.25) is 0 Å². The lowest BCUT2D eigenvalue weighted by atomic mass is 9.96. The topological polar surface area (TPSA) is 48.3 Å². The van der Waals surface area contributed by atoms with Gasteiger partial charge in [-0.15, -0.1) is 0 Å². The number of rotatable bonds is 10. The number of hydrogen-bond acceptors (Lipinski definition) is 4. The summed E-state index contributed by atoms with van der Waals surface area (Å²) in [6.45, 7) is 13.2. The predicted octanol–water partition coefficient (Wildman–Crippen LogP) is 3.01. The van der Waals surface area contributed by atoms with Crippen molar-refractivity contribution in [1.82, 2.24) is 15.1 Å². The number of nitrogens with zero attached hydrogens (tertiary/aromatic N) is 2. The molecule has 1 aromatic rings. The molecule has 0 aliphatic heterocycles. The molecule has 0 aromatic carbocycles. The molecule has 21 heavy (non-hydrogen) atoms. The second-order valence-electron chi connectivity index (χ2n) is 5.52. The molecule has 1 N–H and O–H groups in total. The van der Waals surface area contributed by atoms with Gasteiger partial charge < -0.3 is 14.8 Å². The van der Waals surface area contributed by atoms with Crippen LogP contribution in [0.5, 0.6) is 5.75 Å². The van der Waals surface area contributed by atoms with Crippen molar-refractivity contribution in [3.8, 4) is 5.75 Å². The van der Waals surface area contributed by atoms with E-state index in [2.05, 4.69) is 38.1 Å². The van der Waals surface area contributed by atoms with E-state index in [-0.39, 0.29) is 12.1 Å². The summed E-state index contributed by atoms with van der Waals surface area (Å²) in [6.07, 6.45) is 2.94. The van der Waals surface area contributed by atoms with E-state index in [1.165, 1.54) is 0 Å². The summed E-state index contributed by atoms with van der Waals surface area (Å²) in [5.41, 5.74) is 1.09. The Bertz CT molecular complexity index is 404. The SMILES string of the molecule is CCCn1ncc(OC)c1C(NCC)C(OCC)C(C)C. The maximum absolute atomic E-state index is 6.02. The molecular formula is C16H31N3O2. The molecule has 0 spiro atoms. The molecule has 0 aliphatic carbocycles. The third-order valence-corrected chi connectivity index (χ3v) is 3.56. The van der Waals surface area contributed by atoms with Crippen molar-refractivity contribution in [2.24, 2.45) is 5.92 Å². The quantitative estimate of drug-likeness (QED) is 0.721. The van der Waals surface area contributed by atoms with E-state index in [0.717, 1.165) is 31.0 Å². The minimum Gasteiger partial charge on any atom is -0.493 e. The van der Waals surface area contributed by atoms with Gasteiger partial charge in [0.05, 0.1) is 31.1 Å². The van der Waals surface area contributed by atoms with Gasteiger partial charge in [-0.05, 0) is 25.8 Å². The zero-order chi connectivity index (χ0) is 15.8. The molecule has 0 radical (unpaired) electrons. The molecule has 2 atom stereocenters. The van der Waals surface area contributed by atoms with Crippen LogP contribution in [-0.4, -0.2) is 36.1 Å². The molecule has 1 aromatic heterocycles. The van der Waals surface area contributed by atoms with Crippen LogP contribution in [0.15, 0.2) is 6.20 Å². The number of likely N-dealkylation sites (N-methyl/N-ethyl adjacent to an activating group) is 1. The molecule has 0 amide bonds. The van der Waals surface area contributed by atoms with E-state index in [1.54, 1.807) is 13.3 Å². The number of ether oxygens (including phenoxy) is 2. The number of aryl methyl sites for hydroxylation is 1. The Hall–Kier alpha value is -1.07. The molecule has 0 aliphatic rings. The van der Waals surface area contributed by atoms with E-state index < -0.39 is 0 Å². The van der Waals surface area contributed by atoms with Gasteiger partial charge in [0, 0.05) is 13.2 Å². The Kier molecular flexibility index (Phi) is 7.75. The van der Waals surface area contributed by atoms with E-state index in [1.807, 2.05) is 11.6 Å². The molecule has 0 bridgehead atoms. The van der Waals surface area contributed by atoms with Crippen molar-refractivity contribution in [2.75, 3.05) is 20.3 Å². The Morgan fingerprint density at radius 2 is 2.00 bits per heavy atom. The van der Waals surface area contributed by atoms with Gasteiger partial charge in [0.15, 0.2) is 5.75 Å². The van der Waals surface area contributed by atoms with Crippen LogP contribution in [0.3, 0.4) is 0 Å². The summed E-state index contributed by atoms with van der Waals surface area (Å²) in [7, 11) is 1.70. The Labute approximate surface area is 129 Å². The van der Waals surface area contributed by atoms with Crippen molar-refractivity contribution in [3.63, 3.8) is 0 Å². The minimum absolute atomic E-state index is 0.0824. The normalized spacial score (nSPS) is 14.4. The van der Waals surface area contributed by atoms with Crippen molar-refractivity contribution in [2.45, 2.75) is 59.7 Å². The fourth-order valence-electron chi connectivity index (χ4n) is 2.69. The Morgan fingerprint density at radius 1 is 1.29 bits per heavy atom. The lowest BCUT2D eigenvalue weighted by Gasteiger charge is -2.31. The van der Waals surface area contributed by atoms with Crippen molar-refractivity contribution < 1.29 is 9.47 Å². The minimum atomic E-state index is 0.0824.